The molecule has 2 aromatic rings. The Morgan fingerprint density at radius 1 is 1.00 bits per heavy atom. The summed E-state index contributed by atoms with van der Waals surface area (Å²) >= 11 is 1.22. The number of likely N-dealkylation sites (tertiary alicyclic amines) is 1. The van der Waals surface area contributed by atoms with Crippen molar-refractivity contribution < 1.29 is 51.3 Å². The first-order chi connectivity index (χ1) is 28.9. The van der Waals surface area contributed by atoms with Crippen molar-refractivity contribution in [2.45, 2.75) is 93.1 Å². The first-order valence-corrected chi connectivity index (χ1v) is 23.3. The molecule has 19 heteroatoms. The number of amides is 5. The molecule has 0 spiro atoms. The standard InChI is InChI=1S/C41H50N6O11S2/c1-55-26-11-9-23(10-12-26)31-22-59-35(42-31)37(50)46-18-24-19-47-33(29(24)20-46)34(48)44-41(39(51)45-60(53,54)27-13-14-27)17-25(41)7-5-3-2-4-6-8-30(36(47)49)43-40(52)58-32-21-57-38-28(32)15-16-56-38/h5,7,9-12,22,24-25,27-30,32-33,38H,2-4,6,8,13-21H2,1H3,(H,43,52)(H,44,48)(H,45,51)/b7-5-/t24-,25+,28-,29-,30-,32-,33-,38+,41+/m0/s1. The Bertz CT molecular complexity index is 2160. The molecule has 17 nitrogen and oxygen atoms in total. The van der Waals surface area contributed by atoms with E-state index in [2.05, 4.69) is 20.3 Å². The van der Waals surface area contributed by atoms with E-state index in [1.54, 1.807) is 12.0 Å². The number of carbonyl (C=O) groups is 5. The Hall–Kier alpha value is -4.59. The van der Waals surface area contributed by atoms with Gasteiger partial charge in [-0.3, -0.25) is 23.9 Å². The lowest BCUT2D eigenvalue weighted by atomic mass is 9.93. The quantitative estimate of drug-likeness (QED) is 0.327. The van der Waals surface area contributed by atoms with Gasteiger partial charge in [-0.1, -0.05) is 25.0 Å². The monoisotopic (exact) mass is 866 g/mol. The van der Waals surface area contributed by atoms with Gasteiger partial charge < -0.3 is 39.4 Å². The van der Waals surface area contributed by atoms with Crippen LogP contribution in [0.1, 0.15) is 67.6 Å². The summed E-state index contributed by atoms with van der Waals surface area (Å²) in [5.41, 5.74) is -0.0816. The molecule has 4 saturated heterocycles. The van der Waals surface area contributed by atoms with Crippen LogP contribution in [-0.4, -0.2) is 128 Å². The highest BCUT2D eigenvalue weighted by molar-refractivity contribution is 7.91. The largest absolute Gasteiger partial charge is 0.497 e. The minimum absolute atomic E-state index is 0.0995. The van der Waals surface area contributed by atoms with Gasteiger partial charge in [-0.15, -0.1) is 11.3 Å². The molecule has 322 valence electrons. The number of fused-ring (bicyclic) bond motifs is 5. The molecule has 6 heterocycles. The summed E-state index contributed by atoms with van der Waals surface area (Å²) in [5.74, 6) is -2.90. The predicted octanol–water partition coefficient (Wildman–Crippen LogP) is 2.58. The Balaban J connectivity index is 0.973. The van der Waals surface area contributed by atoms with E-state index in [0.29, 0.717) is 56.6 Å². The summed E-state index contributed by atoms with van der Waals surface area (Å²) in [6, 6.07) is 5.20. The smallest absolute Gasteiger partial charge is 0.408 e. The number of allylic oxidation sites excluding steroid dienone is 1. The number of nitrogens with zero attached hydrogens (tertiary/aromatic N) is 3. The molecule has 1 aromatic heterocycles. The molecule has 9 atom stereocenters. The third kappa shape index (κ3) is 8.00. The van der Waals surface area contributed by atoms with Crippen molar-refractivity contribution in [1.82, 2.24) is 30.1 Å². The van der Waals surface area contributed by atoms with Crippen LogP contribution in [-0.2, 0) is 38.6 Å². The molecular formula is C41H50N6O11S2. The number of aromatic nitrogens is 1. The Labute approximate surface area is 351 Å². The van der Waals surface area contributed by atoms with E-state index in [9.17, 15) is 32.4 Å². The predicted molar refractivity (Wildman–Crippen MR) is 215 cm³/mol. The van der Waals surface area contributed by atoms with E-state index in [4.69, 9.17) is 18.9 Å². The van der Waals surface area contributed by atoms with Crippen LogP contribution in [0.15, 0.2) is 41.8 Å². The summed E-state index contributed by atoms with van der Waals surface area (Å²) in [6.45, 7) is 1.19. The number of nitrogens with one attached hydrogen (secondary N) is 3. The summed E-state index contributed by atoms with van der Waals surface area (Å²) in [5, 5.41) is 7.19. The van der Waals surface area contributed by atoms with Crippen molar-refractivity contribution in [3.63, 3.8) is 0 Å². The molecule has 7 aliphatic rings. The lowest BCUT2D eigenvalue weighted by Gasteiger charge is -2.33. The summed E-state index contributed by atoms with van der Waals surface area (Å²) in [6.07, 6.45) is 6.98. The normalized spacial score (nSPS) is 33.3. The Kier molecular flexibility index (Phi) is 11.1. The number of alkyl carbamates (subject to hydrolysis) is 1. The van der Waals surface area contributed by atoms with Crippen molar-refractivity contribution in [1.29, 1.82) is 0 Å². The van der Waals surface area contributed by atoms with Crippen molar-refractivity contribution in [3.8, 4) is 17.0 Å². The molecule has 2 aliphatic carbocycles. The lowest BCUT2D eigenvalue weighted by molar-refractivity contribution is -0.142. The summed E-state index contributed by atoms with van der Waals surface area (Å²) in [7, 11) is -2.34. The molecule has 6 fully saturated rings. The highest BCUT2D eigenvalue weighted by atomic mass is 32.2. The van der Waals surface area contributed by atoms with Crippen molar-refractivity contribution in [3.05, 3.63) is 46.8 Å². The number of hydrogen-bond acceptors (Lipinski definition) is 13. The number of sulfonamides is 1. The SMILES string of the molecule is COc1ccc(-c2csc(C(=O)N3C[C@H]4CN5C(=O)[C@@H](NC(=O)O[C@H]6CO[C@H]7OCC[C@H]76)CCCCC/C=C\[C@@H]6C[C@@]6(C(=O)NS(=O)(=O)C6CC6)NC(=O)[C@@H]5[C@H]4C3)n2)cc1. The molecule has 3 N–H and O–H groups in total. The van der Waals surface area contributed by atoms with E-state index >= 15 is 0 Å². The van der Waals surface area contributed by atoms with Gasteiger partial charge in [-0.05, 0) is 69.2 Å². The molecule has 1 aromatic carbocycles. The maximum Gasteiger partial charge on any atom is 0.408 e. The van der Waals surface area contributed by atoms with Crippen LogP contribution in [0.5, 0.6) is 5.75 Å². The van der Waals surface area contributed by atoms with Crippen LogP contribution in [0, 0.1) is 23.7 Å². The minimum atomic E-state index is -3.93. The maximum atomic E-state index is 14.8. The van der Waals surface area contributed by atoms with Crippen LogP contribution in [0.4, 0.5) is 4.79 Å². The second-order valence-electron chi connectivity index (χ2n) is 17.0. The number of rotatable bonds is 8. The molecular weight excluding hydrogens is 817 g/mol. The molecule has 5 aliphatic heterocycles. The molecule has 9 rings (SSSR count). The first-order valence-electron chi connectivity index (χ1n) is 20.9. The highest BCUT2D eigenvalue weighted by Gasteiger charge is 2.63. The molecule has 60 heavy (non-hydrogen) atoms. The van der Waals surface area contributed by atoms with Crippen LogP contribution in [0.2, 0.25) is 0 Å². The number of benzene rings is 1. The summed E-state index contributed by atoms with van der Waals surface area (Å²) < 4.78 is 50.4. The van der Waals surface area contributed by atoms with Crippen LogP contribution < -0.4 is 20.1 Å². The van der Waals surface area contributed by atoms with Crippen molar-refractivity contribution >= 4 is 51.1 Å². The number of ether oxygens (including phenoxy) is 4. The van der Waals surface area contributed by atoms with E-state index in [1.165, 1.54) is 16.2 Å². The van der Waals surface area contributed by atoms with Gasteiger partial charge in [0.1, 0.15) is 29.5 Å². The van der Waals surface area contributed by atoms with Gasteiger partial charge >= 0.3 is 6.09 Å². The van der Waals surface area contributed by atoms with Crippen LogP contribution >= 0.6 is 11.3 Å². The zero-order valence-electron chi connectivity index (χ0n) is 33.3. The molecule has 2 saturated carbocycles. The van der Waals surface area contributed by atoms with Crippen LogP contribution in [0.3, 0.4) is 0 Å². The first kappa shape index (κ1) is 40.8. The van der Waals surface area contributed by atoms with Gasteiger partial charge in [0.25, 0.3) is 11.8 Å². The fraction of sp³-hybridized carbons (Fsp3) is 0.610. The van der Waals surface area contributed by atoms with Crippen molar-refractivity contribution in [2.75, 3.05) is 40.0 Å². The molecule has 0 bridgehead atoms. The topological polar surface area (TPSA) is 212 Å². The number of thiazole rings is 1. The lowest BCUT2D eigenvalue weighted by Crippen LogP contribution is -2.60. The Morgan fingerprint density at radius 3 is 2.60 bits per heavy atom. The highest BCUT2D eigenvalue weighted by Crippen LogP contribution is 2.47. The van der Waals surface area contributed by atoms with Gasteiger partial charge in [-0.2, -0.15) is 0 Å². The van der Waals surface area contributed by atoms with Gasteiger partial charge in [0.05, 0.1) is 37.2 Å². The fourth-order valence-electron chi connectivity index (χ4n) is 9.50. The molecule has 0 unspecified atom stereocenters. The third-order valence-electron chi connectivity index (χ3n) is 13.1. The van der Waals surface area contributed by atoms with Crippen LogP contribution in [0.25, 0.3) is 11.3 Å². The average molecular weight is 867 g/mol. The van der Waals surface area contributed by atoms with Crippen molar-refractivity contribution in [2.24, 2.45) is 23.7 Å². The van der Waals surface area contributed by atoms with Gasteiger partial charge in [0.15, 0.2) is 11.3 Å². The average Bonchev–Trinajstić information content (AvgIpc) is 3.79. The number of carbonyl (C=O) groups excluding carboxylic acids is 5. The number of methoxy groups -OCH3 is 1. The zero-order chi connectivity index (χ0) is 41.8. The van der Waals surface area contributed by atoms with E-state index in [-0.39, 0.29) is 55.4 Å². The third-order valence-corrected chi connectivity index (χ3v) is 15.8. The van der Waals surface area contributed by atoms with Gasteiger partial charge in [-0.25, -0.2) is 18.2 Å². The zero-order valence-corrected chi connectivity index (χ0v) is 34.9. The fourth-order valence-corrected chi connectivity index (χ4v) is 11.7. The maximum absolute atomic E-state index is 14.8. The molecule has 5 amide bonds. The summed E-state index contributed by atoms with van der Waals surface area (Å²) in [4.78, 5) is 78.6. The molecule has 0 radical (unpaired) electrons. The Morgan fingerprint density at radius 2 is 1.82 bits per heavy atom. The van der Waals surface area contributed by atoms with Gasteiger partial charge in [0, 0.05) is 48.3 Å². The minimum Gasteiger partial charge on any atom is -0.497 e. The van der Waals surface area contributed by atoms with E-state index < -0.39 is 80.9 Å². The second kappa shape index (κ2) is 16.4. The van der Waals surface area contributed by atoms with E-state index in [0.717, 1.165) is 18.4 Å². The second-order valence-corrected chi connectivity index (χ2v) is 19.8. The van der Waals surface area contributed by atoms with Gasteiger partial charge in [0.2, 0.25) is 21.8 Å². The van der Waals surface area contributed by atoms with E-state index in [1.807, 2.05) is 41.8 Å². The number of hydrogen-bond donors (Lipinski definition) is 3.